The molecule has 8 nitrogen and oxygen atoms in total. The Morgan fingerprint density at radius 1 is 1.15 bits per heavy atom. The zero-order chi connectivity index (χ0) is 23.0. The van der Waals surface area contributed by atoms with Crippen LogP contribution in [-0.2, 0) is 0 Å². The zero-order valence-electron chi connectivity index (χ0n) is 18.3. The highest BCUT2D eigenvalue weighted by Gasteiger charge is 2.12. The lowest BCUT2D eigenvalue weighted by Gasteiger charge is -2.11. The fourth-order valence-electron chi connectivity index (χ4n) is 3.13. The van der Waals surface area contributed by atoms with Crippen LogP contribution in [0.1, 0.15) is 16.8 Å². The van der Waals surface area contributed by atoms with Crippen LogP contribution in [0.4, 0.5) is 5.69 Å². The molecule has 0 fully saturated rings. The second-order valence-electron chi connectivity index (χ2n) is 7.11. The minimum absolute atomic E-state index is 0.0809. The fourth-order valence-corrected chi connectivity index (χ4v) is 4.81. The van der Waals surface area contributed by atoms with Crippen LogP contribution in [0.15, 0.2) is 60.0 Å². The van der Waals surface area contributed by atoms with Crippen LogP contribution < -0.4 is 20.1 Å². The summed E-state index contributed by atoms with van der Waals surface area (Å²) in [6.45, 7) is 1.50. The molecule has 0 radical (unpaired) electrons. The number of rotatable bonds is 10. The Bertz CT molecular complexity index is 1210. The van der Waals surface area contributed by atoms with Gasteiger partial charge >= 0.3 is 0 Å². The van der Waals surface area contributed by atoms with Crippen molar-refractivity contribution in [2.45, 2.75) is 11.3 Å². The third kappa shape index (κ3) is 5.78. The lowest BCUT2D eigenvalue weighted by molar-refractivity contribution is 0.0953. The summed E-state index contributed by atoms with van der Waals surface area (Å²) < 4.78 is 9.77. The number of hydrogen-bond donors (Lipinski definition) is 3. The predicted octanol–water partition coefficient (Wildman–Crippen LogP) is 4.22. The highest BCUT2D eigenvalue weighted by atomic mass is 32.2. The SMILES string of the molecule is CNCCCNC(=O)c1cccc(SNc2cc(-c3cc4ncncc4s3)cnc2OC)c1. The first-order valence-corrected chi connectivity index (χ1v) is 12.0. The van der Waals surface area contributed by atoms with Gasteiger partial charge in [-0.3, -0.25) is 4.79 Å². The quantitative estimate of drug-likeness (QED) is 0.229. The van der Waals surface area contributed by atoms with Gasteiger partial charge < -0.3 is 20.1 Å². The molecule has 0 aliphatic rings. The van der Waals surface area contributed by atoms with Crippen molar-refractivity contribution in [3.63, 3.8) is 0 Å². The Labute approximate surface area is 200 Å². The van der Waals surface area contributed by atoms with E-state index in [1.54, 1.807) is 31.0 Å². The van der Waals surface area contributed by atoms with Gasteiger partial charge in [0.05, 0.1) is 17.3 Å². The number of fused-ring (bicyclic) bond motifs is 1. The summed E-state index contributed by atoms with van der Waals surface area (Å²) in [5.74, 6) is 0.410. The minimum atomic E-state index is -0.0809. The van der Waals surface area contributed by atoms with Crippen LogP contribution in [0.2, 0.25) is 0 Å². The first kappa shape index (κ1) is 23.0. The van der Waals surface area contributed by atoms with Crippen molar-refractivity contribution in [3.05, 3.63) is 60.7 Å². The highest BCUT2D eigenvalue weighted by Crippen LogP contribution is 2.36. The fraction of sp³-hybridized carbons (Fsp3) is 0.217. The molecule has 4 aromatic rings. The maximum atomic E-state index is 12.4. The number of nitrogens with one attached hydrogen (secondary N) is 3. The number of benzene rings is 1. The van der Waals surface area contributed by atoms with Crippen molar-refractivity contribution in [2.75, 3.05) is 32.0 Å². The molecule has 170 valence electrons. The number of thiophene rings is 1. The Balaban J connectivity index is 1.47. The van der Waals surface area contributed by atoms with E-state index in [9.17, 15) is 4.79 Å². The minimum Gasteiger partial charge on any atom is -0.480 e. The molecule has 0 saturated heterocycles. The van der Waals surface area contributed by atoms with Gasteiger partial charge in [0.25, 0.3) is 5.91 Å². The Kier molecular flexibility index (Phi) is 7.71. The van der Waals surface area contributed by atoms with E-state index in [-0.39, 0.29) is 5.91 Å². The summed E-state index contributed by atoms with van der Waals surface area (Å²) >= 11 is 3.01. The van der Waals surface area contributed by atoms with Gasteiger partial charge in [-0.05, 0) is 62.3 Å². The summed E-state index contributed by atoms with van der Waals surface area (Å²) in [6.07, 6.45) is 6.03. The molecule has 0 bridgehead atoms. The first-order valence-electron chi connectivity index (χ1n) is 10.4. The molecule has 0 spiro atoms. The van der Waals surface area contributed by atoms with Gasteiger partial charge in [0.1, 0.15) is 12.0 Å². The molecule has 0 unspecified atom stereocenters. The molecular formula is C23H24N6O2S2. The molecule has 3 aromatic heterocycles. The number of carbonyl (C=O) groups excluding carboxylic acids is 1. The van der Waals surface area contributed by atoms with Crippen LogP contribution in [0.5, 0.6) is 5.88 Å². The van der Waals surface area contributed by atoms with E-state index in [0.717, 1.165) is 44.2 Å². The van der Waals surface area contributed by atoms with E-state index in [0.29, 0.717) is 18.0 Å². The summed E-state index contributed by atoms with van der Waals surface area (Å²) in [5.41, 5.74) is 3.23. The lowest BCUT2D eigenvalue weighted by Crippen LogP contribution is -2.26. The van der Waals surface area contributed by atoms with Crippen molar-refractivity contribution in [1.29, 1.82) is 0 Å². The average Bonchev–Trinajstić information content (AvgIpc) is 3.29. The number of carbonyl (C=O) groups is 1. The number of anilines is 1. The van der Waals surface area contributed by atoms with E-state index in [2.05, 4.69) is 30.3 Å². The standard InChI is InChI=1S/C23H24N6O2S2/c1-24-7-4-8-26-22(30)15-5-3-6-17(9-15)33-29-19-10-16(12-27-23(19)31-2)20-11-18-21(32-20)13-25-14-28-18/h3,5-6,9-14,24,29H,4,7-8H2,1-2H3,(H,26,30). The Hall–Kier alpha value is -3.21. The van der Waals surface area contributed by atoms with Gasteiger partial charge in [0.2, 0.25) is 5.88 Å². The Morgan fingerprint density at radius 3 is 2.88 bits per heavy atom. The molecule has 3 N–H and O–H groups in total. The summed E-state index contributed by atoms with van der Waals surface area (Å²) in [4.78, 5) is 27.2. The number of ether oxygens (including phenoxy) is 1. The molecule has 33 heavy (non-hydrogen) atoms. The van der Waals surface area contributed by atoms with Crippen molar-refractivity contribution in [3.8, 4) is 16.3 Å². The van der Waals surface area contributed by atoms with Crippen LogP contribution in [0, 0.1) is 0 Å². The number of amides is 1. The van der Waals surface area contributed by atoms with Gasteiger partial charge in [0, 0.05) is 39.8 Å². The average molecular weight is 481 g/mol. The third-order valence-electron chi connectivity index (χ3n) is 4.79. The van der Waals surface area contributed by atoms with Crippen LogP contribution in [-0.4, -0.2) is 48.1 Å². The highest BCUT2D eigenvalue weighted by molar-refractivity contribution is 8.00. The van der Waals surface area contributed by atoms with E-state index in [1.807, 2.05) is 49.6 Å². The molecule has 1 aromatic carbocycles. The van der Waals surface area contributed by atoms with Crippen molar-refractivity contribution < 1.29 is 9.53 Å². The number of nitrogens with zero attached hydrogens (tertiary/aromatic N) is 3. The molecule has 4 rings (SSSR count). The number of methoxy groups -OCH3 is 1. The van der Waals surface area contributed by atoms with Gasteiger partial charge in [-0.15, -0.1) is 11.3 Å². The van der Waals surface area contributed by atoms with E-state index in [4.69, 9.17) is 4.74 Å². The number of aromatic nitrogens is 3. The molecule has 0 saturated carbocycles. The first-order chi connectivity index (χ1) is 16.2. The van der Waals surface area contributed by atoms with Crippen molar-refractivity contribution >= 4 is 45.1 Å². The lowest BCUT2D eigenvalue weighted by atomic mass is 10.2. The van der Waals surface area contributed by atoms with E-state index < -0.39 is 0 Å². The maximum Gasteiger partial charge on any atom is 0.251 e. The number of hydrogen-bond acceptors (Lipinski definition) is 9. The number of pyridine rings is 1. The molecular weight excluding hydrogens is 456 g/mol. The van der Waals surface area contributed by atoms with Gasteiger partial charge in [-0.2, -0.15) is 0 Å². The van der Waals surface area contributed by atoms with Crippen LogP contribution >= 0.6 is 23.3 Å². The zero-order valence-corrected chi connectivity index (χ0v) is 19.9. The normalized spacial score (nSPS) is 10.8. The van der Waals surface area contributed by atoms with Crippen LogP contribution in [0.3, 0.4) is 0 Å². The molecule has 10 heteroatoms. The third-order valence-corrected chi connectivity index (χ3v) is 6.71. The molecule has 1 amide bonds. The molecule has 0 atom stereocenters. The summed E-state index contributed by atoms with van der Waals surface area (Å²) in [6, 6.07) is 11.5. The van der Waals surface area contributed by atoms with E-state index >= 15 is 0 Å². The molecule has 3 heterocycles. The molecule has 0 aliphatic heterocycles. The topological polar surface area (TPSA) is 101 Å². The van der Waals surface area contributed by atoms with Gasteiger partial charge in [0.15, 0.2) is 0 Å². The largest absolute Gasteiger partial charge is 0.480 e. The second kappa shape index (κ2) is 11.1. The van der Waals surface area contributed by atoms with Crippen molar-refractivity contribution in [1.82, 2.24) is 25.6 Å². The van der Waals surface area contributed by atoms with Crippen LogP contribution in [0.25, 0.3) is 20.7 Å². The summed E-state index contributed by atoms with van der Waals surface area (Å²) in [5, 5.41) is 6.01. The van der Waals surface area contributed by atoms with Gasteiger partial charge in [-0.1, -0.05) is 6.07 Å². The van der Waals surface area contributed by atoms with Gasteiger partial charge in [-0.25, -0.2) is 15.0 Å². The maximum absolute atomic E-state index is 12.4. The Morgan fingerprint density at radius 2 is 2.06 bits per heavy atom. The van der Waals surface area contributed by atoms with E-state index in [1.165, 1.54) is 11.9 Å². The predicted molar refractivity (Wildman–Crippen MR) is 134 cm³/mol. The molecule has 0 aliphatic carbocycles. The monoisotopic (exact) mass is 480 g/mol. The second-order valence-corrected chi connectivity index (χ2v) is 9.07. The smallest absolute Gasteiger partial charge is 0.251 e. The summed E-state index contributed by atoms with van der Waals surface area (Å²) in [7, 11) is 3.48. The van der Waals surface area contributed by atoms with Crippen molar-refractivity contribution in [2.24, 2.45) is 0 Å².